The van der Waals surface area contributed by atoms with Gasteiger partial charge in [-0.15, -0.1) is 0 Å². The van der Waals surface area contributed by atoms with Crippen LogP contribution in [0.5, 0.6) is 0 Å². The third-order valence-corrected chi connectivity index (χ3v) is 9.42. The zero-order valence-corrected chi connectivity index (χ0v) is 26.9. The molecule has 0 saturated carbocycles. The summed E-state index contributed by atoms with van der Waals surface area (Å²) in [6.45, 7) is 0. The van der Waals surface area contributed by atoms with Crippen molar-refractivity contribution >= 4 is 73.8 Å². The fourth-order valence-corrected chi connectivity index (χ4v) is 7.05. The average molecular weight is 683 g/mol. The van der Waals surface area contributed by atoms with Crippen LogP contribution in [-0.4, -0.2) is 49.2 Å². The van der Waals surface area contributed by atoms with E-state index < -0.39 is 17.9 Å². The Hall–Kier alpha value is -6.77. The van der Waals surface area contributed by atoms with Crippen LogP contribution >= 0.6 is 0 Å². The van der Waals surface area contributed by atoms with Gasteiger partial charge in [0, 0.05) is 54.7 Å². The summed E-state index contributed by atoms with van der Waals surface area (Å²) < 4.78 is 50.2. The van der Waals surface area contributed by atoms with Crippen LogP contribution in [0.4, 0.5) is 41.9 Å². The number of benzene rings is 2. The van der Waals surface area contributed by atoms with Gasteiger partial charge in [0.25, 0.3) is 0 Å². The van der Waals surface area contributed by atoms with Crippen molar-refractivity contribution in [2.24, 2.45) is 19.1 Å². The Morgan fingerprint density at radius 2 is 1.39 bits per heavy atom. The maximum Gasteiger partial charge on any atom is 0.451 e. The van der Waals surface area contributed by atoms with E-state index in [-0.39, 0.29) is 11.6 Å². The van der Waals surface area contributed by atoms with Gasteiger partial charge in [0.05, 0.1) is 39.5 Å². The summed E-state index contributed by atoms with van der Waals surface area (Å²) >= 11 is 0. The third kappa shape index (κ3) is 4.33. The number of imidazole rings is 1. The molecule has 1 aliphatic rings. The summed E-state index contributed by atoms with van der Waals surface area (Å²) in [6, 6.07) is 23.1. The highest BCUT2D eigenvalue weighted by atomic mass is 19.4. The van der Waals surface area contributed by atoms with E-state index in [1.165, 1.54) is 4.40 Å². The lowest BCUT2D eigenvalue weighted by atomic mass is 9.93. The predicted molar refractivity (Wildman–Crippen MR) is 188 cm³/mol. The van der Waals surface area contributed by atoms with E-state index in [9.17, 15) is 13.2 Å². The van der Waals surface area contributed by atoms with Crippen molar-refractivity contribution in [3.05, 3.63) is 109 Å². The van der Waals surface area contributed by atoms with Crippen LogP contribution in [0.3, 0.4) is 0 Å². The molecule has 0 bridgehead atoms. The quantitative estimate of drug-likeness (QED) is 0.185. The number of hydrogen-bond acceptors (Lipinski definition) is 8. The second-order valence-electron chi connectivity index (χ2n) is 12.5. The minimum absolute atomic E-state index is 0.165. The smallest absolute Gasteiger partial charge is 0.341 e. The van der Waals surface area contributed by atoms with E-state index in [1.807, 2.05) is 108 Å². The molecule has 0 saturated heterocycles. The van der Waals surface area contributed by atoms with Crippen LogP contribution in [0, 0.1) is 0 Å². The van der Waals surface area contributed by atoms with Gasteiger partial charge < -0.3 is 19.8 Å². The molecule has 3 aromatic carbocycles. The molecule has 0 spiro atoms. The summed E-state index contributed by atoms with van der Waals surface area (Å²) in [5.74, 6) is -0.0954. The van der Waals surface area contributed by atoms with Crippen molar-refractivity contribution < 1.29 is 13.2 Å². The second kappa shape index (κ2) is 10.4. The lowest BCUT2D eigenvalue weighted by molar-refractivity contribution is -0.144. The molecule has 12 nitrogen and oxygen atoms in total. The van der Waals surface area contributed by atoms with Crippen molar-refractivity contribution in [2.45, 2.75) is 12.1 Å². The van der Waals surface area contributed by atoms with Gasteiger partial charge in [-0.3, -0.25) is 9.56 Å². The number of hydrogen-bond donors (Lipinski definition) is 2. The molecule has 15 heteroatoms. The molecule has 9 aromatic rings. The molecule has 250 valence electrons. The molecule has 0 aliphatic carbocycles. The molecule has 1 aliphatic heterocycles. The lowest BCUT2D eigenvalue weighted by Crippen LogP contribution is -2.17. The standard InChI is InChI=1S/C36H25F3N12/c1-48-15-5-11-26(48)42-23-8-3-7-22-28(23)21(17-40-22)29-19-13-14-20-30(19)51-34(44-29)46-33(36(37,38)39)47-35(51)45-32(20)50-18-41-24-9-4-10-25(31(24)50)43-27-12-6-16-49(27)2/h3-18,21,42-43H,1-2H3. The first-order valence-electron chi connectivity index (χ1n) is 16.0. The lowest BCUT2D eigenvalue weighted by Gasteiger charge is -2.19. The highest BCUT2D eigenvalue weighted by Gasteiger charge is 2.37. The molecule has 10 rings (SSSR count). The van der Waals surface area contributed by atoms with Crippen LogP contribution in [0.15, 0.2) is 96.5 Å². The number of aliphatic imine (C=N–C) groups is 1. The first-order valence-corrected chi connectivity index (χ1v) is 16.0. The van der Waals surface area contributed by atoms with Gasteiger partial charge in [-0.25, -0.2) is 14.4 Å². The van der Waals surface area contributed by atoms with E-state index in [1.54, 1.807) is 17.1 Å². The van der Waals surface area contributed by atoms with Crippen LogP contribution < -0.4 is 10.6 Å². The van der Waals surface area contributed by atoms with Gasteiger partial charge in [0.2, 0.25) is 17.4 Å². The van der Waals surface area contributed by atoms with Crippen molar-refractivity contribution in [1.29, 1.82) is 0 Å². The maximum atomic E-state index is 14.3. The SMILES string of the molecule is Cn1cccc1Nc1cccc2c1C(c1nc3nc(C(F)(F)F)nc4nc(-n5cnc6cccc(Nc7cccn7C)c65)c5ccc1c5n34)C=N2. The van der Waals surface area contributed by atoms with Crippen LogP contribution in [0.1, 0.15) is 23.0 Å². The average Bonchev–Trinajstić information content (AvgIpc) is 3.96. The highest BCUT2D eigenvalue weighted by Crippen LogP contribution is 2.45. The molecule has 1 unspecified atom stereocenters. The summed E-state index contributed by atoms with van der Waals surface area (Å²) in [7, 11) is 3.87. The number of alkyl halides is 3. The number of aromatic nitrogens is 9. The fraction of sp³-hybridized carbons (Fsp3) is 0.111. The Bertz CT molecular complexity index is 2850. The number of fused-ring (bicyclic) bond motifs is 2. The molecule has 6 aromatic heterocycles. The molecule has 0 fully saturated rings. The zero-order chi connectivity index (χ0) is 34.6. The zero-order valence-electron chi connectivity index (χ0n) is 26.9. The summed E-state index contributed by atoms with van der Waals surface area (Å²) in [5.41, 5.74) is 5.63. The summed E-state index contributed by atoms with van der Waals surface area (Å²) in [6.07, 6.45) is 2.43. The number of rotatable bonds is 6. The van der Waals surface area contributed by atoms with Gasteiger partial charge >= 0.3 is 6.18 Å². The van der Waals surface area contributed by atoms with E-state index in [2.05, 4.69) is 25.6 Å². The molecule has 0 amide bonds. The second-order valence-corrected chi connectivity index (χ2v) is 12.5. The largest absolute Gasteiger partial charge is 0.451 e. The van der Waals surface area contributed by atoms with Crippen LogP contribution in [-0.2, 0) is 20.3 Å². The van der Waals surface area contributed by atoms with E-state index in [4.69, 9.17) is 15.0 Å². The Kier molecular flexibility index (Phi) is 5.93. The number of nitrogens with one attached hydrogen (secondary N) is 2. The Morgan fingerprint density at radius 1 is 0.706 bits per heavy atom. The number of aryl methyl sites for hydroxylation is 2. The topological polar surface area (TPSA) is 120 Å². The number of anilines is 4. The molecular weight excluding hydrogens is 657 g/mol. The summed E-state index contributed by atoms with van der Waals surface area (Å²) in [5, 5.41) is 8.34. The monoisotopic (exact) mass is 682 g/mol. The van der Waals surface area contributed by atoms with Gasteiger partial charge in [-0.1, -0.05) is 18.2 Å². The van der Waals surface area contributed by atoms with Gasteiger partial charge in [0.15, 0.2) is 5.82 Å². The molecule has 0 radical (unpaired) electrons. The fourth-order valence-electron chi connectivity index (χ4n) is 7.05. The minimum atomic E-state index is -4.84. The maximum absolute atomic E-state index is 14.3. The normalized spacial score (nSPS) is 14.5. The van der Waals surface area contributed by atoms with Gasteiger partial charge in [-0.05, 0) is 54.6 Å². The predicted octanol–water partition coefficient (Wildman–Crippen LogP) is 7.63. The van der Waals surface area contributed by atoms with Gasteiger partial charge in [-0.2, -0.15) is 28.1 Å². The van der Waals surface area contributed by atoms with E-state index in [0.717, 1.165) is 34.3 Å². The highest BCUT2D eigenvalue weighted by molar-refractivity contribution is 6.07. The van der Waals surface area contributed by atoms with Gasteiger partial charge in [0.1, 0.15) is 18.0 Å². The van der Waals surface area contributed by atoms with Crippen LogP contribution in [0.2, 0.25) is 0 Å². The Labute approximate surface area is 285 Å². The first-order chi connectivity index (χ1) is 24.7. The minimum Gasteiger partial charge on any atom is -0.341 e. The number of nitrogens with zero attached hydrogens (tertiary/aromatic N) is 10. The molecule has 51 heavy (non-hydrogen) atoms. The van der Waals surface area contributed by atoms with Crippen molar-refractivity contribution in [3.63, 3.8) is 0 Å². The van der Waals surface area contributed by atoms with Crippen LogP contribution in [0.25, 0.3) is 44.7 Å². The van der Waals surface area contributed by atoms with E-state index >= 15 is 0 Å². The molecular formula is C36H25F3N12. The number of para-hydroxylation sites is 1. The Morgan fingerprint density at radius 3 is 2.12 bits per heavy atom. The summed E-state index contributed by atoms with van der Waals surface area (Å²) in [4.78, 5) is 26.8. The van der Waals surface area contributed by atoms with Crippen molar-refractivity contribution in [1.82, 2.24) is 43.0 Å². The molecule has 7 heterocycles. The Balaban J connectivity index is 1.23. The molecule has 1 atom stereocenters. The third-order valence-electron chi connectivity index (χ3n) is 9.42. The van der Waals surface area contributed by atoms with Crippen molar-refractivity contribution in [3.8, 4) is 5.82 Å². The van der Waals surface area contributed by atoms with E-state index in [0.29, 0.717) is 38.8 Å². The number of halogens is 3. The molecule has 2 N–H and O–H groups in total. The van der Waals surface area contributed by atoms with Crippen molar-refractivity contribution in [2.75, 3.05) is 10.6 Å². The first kappa shape index (κ1) is 29.2.